The molecule has 0 radical (unpaired) electrons. The van der Waals surface area contributed by atoms with Gasteiger partial charge in [0.25, 0.3) is 5.91 Å². The SMILES string of the molecule is NCC(O)C(=O)Nc1ccc(F)c(F)c1. The van der Waals surface area contributed by atoms with E-state index >= 15 is 0 Å². The molecule has 1 aromatic rings. The first-order valence-corrected chi connectivity index (χ1v) is 4.18. The number of anilines is 1. The van der Waals surface area contributed by atoms with E-state index in [9.17, 15) is 13.6 Å². The molecule has 0 aliphatic heterocycles. The van der Waals surface area contributed by atoms with E-state index in [1.165, 1.54) is 6.07 Å². The van der Waals surface area contributed by atoms with Gasteiger partial charge in [-0.3, -0.25) is 4.79 Å². The normalized spacial score (nSPS) is 12.3. The number of aliphatic hydroxyl groups is 1. The van der Waals surface area contributed by atoms with E-state index in [0.29, 0.717) is 0 Å². The zero-order chi connectivity index (χ0) is 11.4. The summed E-state index contributed by atoms with van der Waals surface area (Å²) in [7, 11) is 0. The Bertz CT molecular complexity index is 371. The summed E-state index contributed by atoms with van der Waals surface area (Å²) in [6.07, 6.45) is -1.36. The van der Waals surface area contributed by atoms with Crippen molar-refractivity contribution >= 4 is 11.6 Å². The van der Waals surface area contributed by atoms with Crippen LogP contribution in [-0.4, -0.2) is 23.7 Å². The van der Waals surface area contributed by atoms with Crippen LogP contribution in [0.4, 0.5) is 14.5 Å². The van der Waals surface area contributed by atoms with Gasteiger partial charge in [-0.2, -0.15) is 0 Å². The molecule has 4 N–H and O–H groups in total. The van der Waals surface area contributed by atoms with Crippen molar-refractivity contribution < 1.29 is 18.7 Å². The first-order valence-electron chi connectivity index (χ1n) is 4.18. The number of rotatable bonds is 3. The van der Waals surface area contributed by atoms with Gasteiger partial charge in [0.15, 0.2) is 11.6 Å². The Morgan fingerprint density at radius 1 is 1.47 bits per heavy atom. The Morgan fingerprint density at radius 3 is 2.67 bits per heavy atom. The van der Waals surface area contributed by atoms with Crippen molar-refractivity contribution in [3.63, 3.8) is 0 Å². The highest BCUT2D eigenvalue weighted by Gasteiger charge is 2.13. The quantitative estimate of drug-likeness (QED) is 0.676. The summed E-state index contributed by atoms with van der Waals surface area (Å²) < 4.78 is 25.2. The number of halogens is 2. The van der Waals surface area contributed by atoms with Gasteiger partial charge in [0, 0.05) is 18.3 Å². The molecule has 0 aromatic heterocycles. The van der Waals surface area contributed by atoms with E-state index in [2.05, 4.69) is 5.32 Å². The number of hydrogen-bond donors (Lipinski definition) is 3. The standard InChI is InChI=1S/C9H10F2N2O2/c10-6-2-1-5(3-7(6)11)13-9(15)8(14)4-12/h1-3,8,14H,4,12H2,(H,13,15). The lowest BCUT2D eigenvalue weighted by Crippen LogP contribution is -2.34. The van der Waals surface area contributed by atoms with Crippen molar-refractivity contribution in [1.82, 2.24) is 0 Å². The summed E-state index contributed by atoms with van der Waals surface area (Å²) in [5.41, 5.74) is 5.10. The maximum atomic E-state index is 12.7. The topological polar surface area (TPSA) is 75.3 Å². The summed E-state index contributed by atoms with van der Waals surface area (Å²) >= 11 is 0. The molecule has 0 saturated heterocycles. The largest absolute Gasteiger partial charge is 0.382 e. The second-order valence-electron chi connectivity index (χ2n) is 2.87. The minimum Gasteiger partial charge on any atom is -0.382 e. The third-order valence-corrected chi connectivity index (χ3v) is 1.71. The molecular weight excluding hydrogens is 206 g/mol. The van der Waals surface area contributed by atoms with Gasteiger partial charge < -0.3 is 16.2 Å². The smallest absolute Gasteiger partial charge is 0.254 e. The van der Waals surface area contributed by atoms with Crippen LogP contribution in [0.1, 0.15) is 0 Å². The first-order chi connectivity index (χ1) is 7.04. The van der Waals surface area contributed by atoms with Crippen LogP contribution in [-0.2, 0) is 4.79 Å². The van der Waals surface area contributed by atoms with Gasteiger partial charge in [-0.25, -0.2) is 8.78 Å². The lowest BCUT2D eigenvalue weighted by Gasteiger charge is -2.09. The van der Waals surface area contributed by atoms with Crippen LogP contribution in [0.2, 0.25) is 0 Å². The maximum absolute atomic E-state index is 12.7. The number of carbonyl (C=O) groups is 1. The fourth-order valence-corrected chi connectivity index (χ4v) is 0.906. The van der Waals surface area contributed by atoms with Gasteiger partial charge in [0.2, 0.25) is 0 Å². The van der Waals surface area contributed by atoms with Crippen molar-refractivity contribution in [2.45, 2.75) is 6.10 Å². The fourth-order valence-electron chi connectivity index (χ4n) is 0.906. The number of nitrogens with two attached hydrogens (primary N) is 1. The molecule has 0 aliphatic carbocycles. The molecule has 0 fully saturated rings. The highest BCUT2D eigenvalue weighted by molar-refractivity contribution is 5.94. The van der Waals surface area contributed by atoms with E-state index in [4.69, 9.17) is 10.8 Å². The predicted octanol–water partition coefficient (Wildman–Crippen LogP) is 0.223. The summed E-state index contributed by atoms with van der Waals surface area (Å²) in [4.78, 5) is 11.1. The lowest BCUT2D eigenvalue weighted by molar-refractivity contribution is -0.123. The van der Waals surface area contributed by atoms with E-state index in [-0.39, 0.29) is 12.2 Å². The molecule has 0 heterocycles. The number of benzene rings is 1. The molecule has 15 heavy (non-hydrogen) atoms. The highest BCUT2D eigenvalue weighted by Crippen LogP contribution is 2.13. The molecule has 4 nitrogen and oxygen atoms in total. The molecule has 1 amide bonds. The minimum absolute atomic E-state index is 0.0615. The van der Waals surface area contributed by atoms with Gasteiger partial charge in [-0.15, -0.1) is 0 Å². The number of hydrogen-bond acceptors (Lipinski definition) is 3. The van der Waals surface area contributed by atoms with Crippen molar-refractivity contribution in [3.8, 4) is 0 Å². The molecule has 6 heteroatoms. The third-order valence-electron chi connectivity index (χ3n) is 1.71. The van der Waals surface area contributed by atoms with E-state index in [0.717, 1.165) is 12.1 Å². The molecule has 1 aromatic carbocycles. The van der Waals surface area contributed by atoms with Gasteiger partial charge in [-0.1, -0.05) is 0 Å². The molecular formula is C9H10F2N2O2. The van der Waals surface area contributed by atoms with Gasteiger partial charge in [0.05, 0.1) is 0 Å². The number of aliphatic hydroxyl groups excluding tert-OH is 1. The van der Waals surface area contributed by atoms with Crippen molar-refractivity contribution in [2.75, 3.05) is 11.9 Å². The fraction of sp³-hybridized carbons (Fsp3) is 0.222. The molecule has 0 saturated carbocycles. The average Bonchev–Trinajstić information content (AvgIpc) is 2.22. The minimum atomic E-state index is -1.36. The number of nitrogens with one attached hydrogen (secondary N) is 1. The molecule has 1 atom stereocenters. The molecule has 0 spiro atoms. The zero-order valence-electron chi connectivity index (χ0n) is 7.71. The Balaban J connectivity index is 2.73. The van der Waals surface area contributed by atoms with E-state index < -0.39 is 23.6 Å². The lowest BCUT2D eigenvalue weighted by atomic mass is 10.2. The second kappa shape index (κ2) is 4.81. The van der Waals surface area contributed by atoms with Crippen LogP contribution >= 0.6 is 0 Å². The molecule has 82 valence electrons. The van der Waals surface area contributed by atoms with Crippen molar-refractivity contribution in [3.05, 3.63) is 29.8 Å². The van der Waals surface area contributed by atoms with Crippen LogP contribution in [0.25, 0.3) is 0 Å². The third kappa shape index (κ3) is 2.97. The summed E-state index contributed by atoms with van der Waals surface area (Å²) in [6.45, 7) is -0.241. The molecule has 1 rings (SSSR count). The molecule has 0 bridgehead atoms. The zero-order valence-corrected chi connectivity index (χ0v) is 7.71. The van der Waals surface area contributed by atoms with Crippen LogP contribution in [0.5, 0.6) is 0 Å². The monoisotopic (exact) mass is 216 g/mol. The Morgan fingerprint density at radius 2 is 2.13 bits per heavy atom. The van der Waals surface area contributed by atoms with Crippen LogP contribution < -0.4 is 11.1 Å². The number of carbonyl (C=O) groups excluding carboxylic acids is 1. The summed E-state index contributed by atoms with van der Waals surface area (Å²) in [6, 6.07) is 2.87. The second-order valence-corrected chi connectivity index (χ2v) is 2.87. The van der Waals surface area contributed by atoms with Crippen molar-refractivity contribution in [1.29, 1.82) is 0 Å². The number of amides is 1. The summed E-state index contributed by atoms with van der Waals surface area (Å²) in [5.74, 6) is -2.84. The van der Waals surface area contributed by atoms with Gasteiger partial charge >= 0.3 is 0 Å². The van der Waals surface area contributed by atoms with Gasteiger partial charge in [0.1, 0.15) is 6.10 Å². The van der Waals surface area contributed by atoms with E-state index in [1.807, 2.05) is 0 Å². The van der Waals surface area contributed by atoms with Crippen LogP contribution in [0.15, 0.2) is 18.2 Å². The molecule has 0 aliphatic rings. The molecule has 1 unspecified atom stereocenters. The first kappa shape index (κ1) is 11.5. The van der Waals surface area contributed by atoms with Gasteiger partial charge in [-0.05, 0) is 12.1 Å². The highest BCUT2D eigenvalue weighted by atomic mass is 19.2. The Hall–Kier alpha value is -1.53. The van der Waals surface area contributed by atoms with Crippen molar-refractivity contribution in [2.24, 2.45) is 5.73 Å². The Kier molecular flexibility index (Phi) is 3.70. The Labute approximate surface area is 84.7 Å². The average molecular weight is 216 g/mol. The maximum Gasteiger partial charge on any atom is 0.254 e. The predicted molar refractivity (Wildman–Crippen MR) is 50.0 cm³/mol. The summed E-state index contributed by atoms with van der Waals surface area (Å²) in [5, 5.41) is 11.2. The van der Waals surface area contributed by atoms with Crippen LogP contribution in [0.3, 0.4) is 0 Å². The van der Waals surface area contributed by atoms with E-state index in [1.54, 1.807) is 0 Å². The van der Waals surface area contributed by atoms with Crippen LogP contribution in [0, 0.1) is 11.6 Å².